The Morgan fingerprint density at radius 2 is 2.00 bits per heavy atom. The van der Waals surface area contributed by atoms with E-state index >= 15 is 0 Å². The highest BCUT2D eigenvalue weighted by Gasteiger charge is 2.57. The number of nitrogens with zero attached hydrogens (tertiary/aromatic N) is 2. The van der Waals surface area contributed by atoms with Crippen LogP contribution >= 0.6 is 0 Å². The third-order valence-corrected chi connectivity index (χ3v) is 3.24. The van der Waals surface area contributed by atoms with Gasteiger partial charge in [-0.15, -0.1) is 0 Å². The second-order valence-corrected chi connectivity index (χ2v) is 4.31. The fourth-order valence-electron chi connectivity index (χ4n) is 2.32. The average Bonchev–Trinajstić information content (AvgIpc) is 2.69. The van der Waals surface area contributed by atoms with Gasteiger partial charge in [-0.05, 0) is 29.4 Å². The van der Waals surface area contributed by atoms with E-state index in [-0.39, 0.29) is 0 Å². The summed E-state index contributed by atoms with van der Waals surface area (Å²) in [7, 11) is 0. The van der Waals surface area contributed by atoms with Gasteiger partial charge in [-0.2, -0.15) is 0 Å². The van der Waals surface area contributed by atoms with Crippen LogP contribution in [0.1, 0.15) is 25.3 Å². The fraction of sp³-hybridized carbons (Fsp3) is 0.600. The van der Waals surface area contributed by atoms with Gasteiger partial charge in [0.05, 0.1) is 0 Å². The Hall–Kier alpha value is -0.960. The highest BCUT2D eigenvalue weighted by molar-refractivity contribution is 5.27. The lowest BCUT2D eigenvalue weighted by Gasteiger charge is -2.00. The molecule has 70 valence electrons. The zero-order valence-corrected chi connectivity index (χ0v) is 8.07. The highest BCUT2D eigenvalue weighted by Crippen LogP contribution is 2.63. The first-order chi connectivity index (χ1) is 6.18. The van der Waals surface area contributed by atoms with Gasteiger partial charge in [0.25, 0.3) is 0 Å². The van der Waals surface area contributed by atoms with Crippen molar-refractivity contribution in [1.29, 1.82) is 0 Å². The fourth-order valence-corrected chi connectivity index (χ4v) is 2.32. The van der Waals surface area contributed by atoms with Gasteiger partial charge in [-0.1, -0.05) is 13.8 Å². The van der Waals surface area contributed by atoms with E-state index in [1.165, 1.54) is 5.56 Å². The van der Waals surface area contributed by atoms with Gasteiger partial charge in [-0.3, -0.25) is 0 Å². The molecule has 2 N–H and O–H groups in total. The molecular formula is C10H15N3. The molecule has 2 rings (SSSR count). The van der Waals surface area contributed by atoms with Gasteiger partial charge in [0.2, 0.25) is 0 Å². The summed E-state index contributed by atoms with van der Waals surface area (Å²) in [5, 5.41) is 0. The van der Waals surface area contributed by atoms with Crippen molar-refractivity contribution in [3.63, 3.8) is 0 Å². The summed E-state index contributed by atoms with van der Waals surface area (Å²) in [6, 6.07) is 0. The van der Waals surface area contributed by atoms with Gasteiger partial charge in [0.1, 0.15) is 6.33 Å². The standard InChI is InChI=1S/C10H15N3/c1-10(2)8(3-11)9(10)7-4-12-6-13-5-7/h4-6,8-9H,3,11H2,1-2H3/t8-,9-/m0/s1. The molecule has 0 bridgehead atoms. The minimum Gasteiger partial charge on any atom is -0.330 e. The van der Waals surface area contributed by atoms with Crippen molar-refractivity contribution < 1.29 is 0 Å². The van der Waals surface area contributed by atoms with Crippen LogP contribution in [-0.2, 0) is 0 Å². The van der Waals surface area contributed by atoms with E-state index < -0.39 is 0 Å². The summed E-state index contributed by atoms with van der Waals surface area (Å²) in [5.74, 6) is 1.15. The lowest BCUT2D eigenvalue weighted by atomic mass is 10.1. The second-order valence-electron chi connectivity index (χ2n) is 4.31. The van der Waals surface area contributed by atoms with E-state index in [1.54, 1.807) is 6.33 Å². The molecule has 13 heavy (non-hydrogen) atoms. The van der Waals surface area contributed by atoms with Crippen LogP contribution in [0.5, 0.6) is 0 Å². The molecule has 3 nitrogen and oxygen atoms in total. The van der Waals surface area contributed by atoms with Crippen molar-refractivity contribution >= 4 is 0 Å². The van der Waals surface area contributed by atoms with E-state index in [4.69, 9.17) is 5.73 Å². The molecule has 1 aliphatic carbocycles. The Balaban J connectivity index is 2.22. The van der Waals surface area contributed by atoms with Gasteiger partial charge in [0.15, 0.2) is 0 Å². The van der Waals surface area contributed by atoms with E-state index in [0.29, 0.717) is 17.3 Å². The van der Waals surface area contributed by atoms with Crippen LogP contribution in [0.4, 0.5) is 0 Å². The van der Waals surface area contributed by atoms with Gasteiger partial charge in [0, 0.05) is 12.4 Å². The first kappa shape index (κ1) is 8.63. The van der Waals surface area contributed by atoms with Crippen molar-refractivity contribution in [2.75, 3.05) is 6.54 Å². The lowest BCUT2D eigenvalue weighted by molar-refractivity contribution is 0.558. The molecular weight excluding hydrogens is 162 g/mol. The molecule has 0 aliphatic heterocycles. The summed E-state index contributed by atoms with van der Waals surface area (Å²) < 4.78 is 0. The molecule has 0 aromatic carbocycles. The van der Waals surface area contributed by atoms with Gasteiger partial charge in [-0.25, -0.2) is 9.97 Å². The van der Waals surface area contributed by atoms with E-state index in [9.17, 15) is 0 Å². The highest BCUT2D eigenvalue weighted by atomic mass is 14.8. The van der Waals surface area contributed by atoms with E-state index in [2.05, 4.69) is 23.8 Å². The van der Waals surface area contributed by atoms with E-state index in [1.807, 2.05) is 12.4 Å². The molecule has 1 aromatic heterocycles. The molecule has 0 radical (unpaired) electrons. The predicted molar refractivity (Wildman–Crippen MR) is 51.1 cm³/mol. The molecule has 0 unspecified atom stereocenters. The van der Waals surface area contributed by atoms with Crippen LogP contribution in [0.2, 0.25) is 0 Å². The van der Waals surface area contributed by atoms with Crippen LogP contribution in [0.3, 0.4) is 0 Å². The third-order valence-electron chi connectivity index (χ3n) is 3.24. The van der Waals surface area contributed by atoms with Gasteiger partial charge >= 0.3 is 0 Å². The summed E-state index contributed by atoms with van der Waals surface area (Å²) >= 11 is 0. The lowest BCUT2D eigenvalue weighted by Crippen LogP contribution is -2.05. The monoisotopic (exact) mass is 177 g/mol. The topological polar surface area (TPSA) is 51.8 Å². The zero-order chi connectivity index (χ0) is 9.47. The normalized spacial score (nSPS) is 30.1. The molecule has 3 heteroatoms. The molecule has 1 aliphatic rings. The number of hydrogen-bond acceptors (Lipinski definition) is 3. The average molecular weight is 177 g/mol. The van der Waals surface area contributed by atoms with Crippen molar-refractivity contribution in [3.05, 3.63) is 24.3 Å². The Morgan fingerprint density at radius 1 is 1.38 bits per heavy atom. The summed E-state index contributed by atoms with van der Waals surface area (Å²) in [5.41, 5.74) is 7.25. The molecule has 0 spiro atoms. The first-order valence-corrected chi connectivity index (χ1v) is 4.63. The first-order valence-electron chi connectivity index (χ1n) is 4.63. The maximum absolute atomic E-state index is 5.70. The zero-order valence-electron chi connectivity index (χ0n) is 8.07. The van der Waals surface area contributed by atoms with Crippen molar-refractivity contribution in [2.24, 2.45) is 17.1 Å². The van der Waals surface area contributed by atoms with Crippen molar-refractivity contribution in [2.45, 2.75) is 19.8 Å². The van der Waals surface area contributed by atoms with Crippen LogP contribution < -0.4 is 5.73 Å². The number of rotatable bonds is 2. The van der Waals surface area contributed by atoms with Crippen LogP contribution in [0.25, 0.3) is 0 Å². The molecule has 1 fully saturated rings. The molecule has 0 saturated heterocycles. The van der Waals surface area contributed by atoms with E-state index in [0.717, 1.165) is 6.54 Å². The van der Waals surface area contributed by atoms with Crippen molar-refractivity contribution in [3.8, 4) is 0 Å². The van der Waals surface area contributed by atoms with Crippen molar-refractivity contribution in [1.82, 2.24) is 9.97 Å². The maximum Gasteiger partial charge on any atom is 0.115 e. The number of aromatic nitrogens is 2. The Kier molecular flexibility index (Phi) is 1.84. The molecule has 1 aromatic rings. The SMILES string of the molecule is CC1(C)[C@@H](CN)[C@@H]1c1cncnc1. The minimum absolute atomic E-state index is 0.333. The maximum atomic E-state index is 5.70. The van der Waals surface area contributed by atoms with Gasteiger partial charge < -0.3 is 5.73 Å². The largest absolute Gasteiger partial charge is 0.330 e. The van der Waals surface area contributed by atoms with Crippen LogP contribution in [-0.4, -0.2) is 16.5 Å². The summed E-state index contributed by atoms with van der Waals surface area (Å²) in [6.45, 7) is 5.26. The molecule has 2 atom stereocenters. The molecule has 1 heterocycles. The van der Waals surface area contributed by atoms with Crippen LogP contribution in [0.15, 0.2) is 18.7 Å². The Labute approximate surface area is 78.4 Å². The molecule has 0 amide bonds. The van der Waals surface area contributed by atoms with Crippen LogP contribution in [0, 0.1) is 11.3 Å². The smallest absolute Gasteiger partial charge is 0.115 e. The number of hydrogen-bond donors (Lipinski definition) is 1. The predicted octanol–water partition coefficient (Wildman–Crippen LogP) is 1.17. The number of nitrogens with two attached hydrogens (primary N) is 1. The Morgan fingerprint density at radius 3 is 2.46 bits per heavy atom. The summed E-state index contributed by atoms with van der Waals surface area (Å²) in [6.07, 6.45) is 5.36. The quantitative estimate of drug-likeness (QED) is 0.738. The summed E-state index contributed by atoms with van der Waals surface area (Å²) in [4.78, 5) is 8.06. The third kappa shape index (κ3) is 1.23. The Bertz CT molecular complexity index is 294. The second kappa shape index (κ2) is 2.77. The molecule has 1 saturated carbocycles. The minimum atomic E-state index is 0.333.